The third-order valence-electron chi connectivity index (χ3n) is 2.66. The predicted octanol–water partition coefficient (Wildman–Crippen LogP) is 2.78. The summed E-state index contributed by atoms with van der Waals surface area (Å²) in [5.41, 5.74) is 0. The Bertz CT molecular complexity index is 221. The van der Waals surface area contributed by atoms with Gasteiger partial charge < -0.3 is 9.53 Å². The van der Waals surface area contributed by atoms with E-state index < -0.39 is 21.3 Å². The molecular formula is C10H24O2Si. The summed E-state index contributed by atoms with van der Waals surface area (Å²) in [5.74, 6) is 0. The highest BCUT2D eigenvalue weighted by Crippen LogP contribution is 2.36. The molecule has 0 aliphatic heterocycles. The lowest BCUT2D eigenvalue weighted by molar-refractivity contribution is 0.150. The molecule has 13 heavy (non-hydrogen) atoms. The average molecular weight is 207 g/mol. The Labute approximate surface area is 87.7 Å². The number of hydrogen-bond acceptors (Lipinski definition) is 2. The standard InChI is InChI=1S/C10H24O2Si/c1-9(11)7-8-12-13(5,6)10(2,3)4/h9,11H,7-8H2,1-6H3/i1D3. The number of aliphatic hydroxyl groups is 1. The zero-order valence-corrected chi connectivity index (χ0v) is 10.3. The van der Waals surface area contributed by atoms with Gasteiger partial charge in [-0.05, 0) is 31.4 Å². The highest BCUT2D eigenvalue weighted by Gasteiger charge is 2.36. The molecule has 0 saturated carbocycles. The maximum absolute atomic E-state index is 9.36. The van der Waals surface area contributed by atoms with Crippen LogP contribution < -0.4 is 0 Å². The van der Waals surface area contributed by atoms with Crippen molar-refractivity contribution >= 4 is 8.32 Å². The van der Waals surface area contributed by atoms with Gasteiger partial charge in [0.1, 0.15) is 0 Å². The molecule has 2 nitrogen and oxygen atoms in total. The summed E-state index contributed by atoms with van der Waals surface area (Å²) >= 11 is 0. The fraction of sp³-hybridized carbons (Fsp3) is 1.00. The zero-order chi connectivity index (χ0) is 13.2. The van der Waals surface area contributed by atoms with E-state index in [9.17, 15) is 5.11 Å². The first kappa shape index (κ1) is 8.45. The molecule has 0 aromatic heterocycles. The lowest BCUT2D eigenvalue weighted by atomic mass is 10.2. The van der Waals surface area contributed by atoms with E-state index >= 15 is 0 Å². The maximum atomic E-state index is 9.36. The molecule has 80 valence electrons. The van der Waals surface area contributed by atoms with Gasteiger partial charge in [0.25, 0.3) is 0 Å². The molecule has 0 aliphatic rings. The van der Waals surface area contributed by atoms with Crippen molar-refractivity contribution < 1.29 is 13.6 Å². The molecule has 0 saturated heterocycles. The summed E-state index contributed by atoms with van der Waals surface area (Å²) in [4.78, 5) is 0. The minimum Gasteiger partial charge on any atom is -0.417 e. The van der Waals surface area contributed by atoms with E-state index in [0.717, 1.165) is 0 Å². The summed E-state index contributed by atoms with van der Waals surface area (Å²) < 4.78 is 26.9. The van der Waals surface area contributed by atoms with Crippen molar-refractivity contribution in [1.29, 1.82) is 0 Å². The SMILES string of the molecule is [2H]C([2H])([2H])C(O)CCO[Si](C)(C)C(C)(C)C. The number of hydrogen-bond donors (Lipinski definition) is 1. The Hall–Kier alpha value is 0.137. The summed E-state index contributed by atoms with van der Waals surface area (Å²) in [7, 11) is -1.83. The average Bonchev–Trinajstić information content (AvgIpc) is 1.99. The fourth-order valence-corrected chi connectivity index (χ4v) is 1.70. The van der Waals surface area contributed by atoms with Crippen molar-refractivity contribution in [3.8, 4) is 0 Å². The first-order valence-corrected chi connectivity index (χ1v) is 7.61. The van der Waals surface area contributed by atoms with Gasteiger partial charge in [-0.2, -0.15) is 0 Å². The molecule has 0 amide bonds. The molecule has 0 fully saturated rings. The zero-order valence-electron chi connectivity index (χ0n) is 12.3. The molecule has 0 radical (unpaired) electrons. The van der Waals surface area contributed by atoms with Gasteiger partial charge in [0.2, 0.25) is 0 Å². The lowest BCUT2D eigenvalue weighted by Gasteiger charge is -2.36. The third kappa shape index (κ3) is 4.79. The third-order valence-corrected chi connectivity index (χ3v) is 7.20. The van der Waals surface area contributed by atoms with E-state index in [2.05, 4.69) is 33.9 Å². The molecule has 0 aliphatic carbocycles. The highest BCUT2D eigenvalue weighted by molar-refractivity contribution is 6.74. The number of rotatable bonds is 4. The molecule has 0 aromatic rings. The van der Waals surface area contributed by atoms with Crippen LogP contribution in [0.1, 0.15) is 38.2 Å². The monoisotopic (exact) mass is 207 g/mol. The number of aliphatic hydroxyl groups excluding tert-OH is 1. The van der Waals surface area contributed by atoms with E-state index in [1.165, 1.54) is 0 Å². The van der Waals surface area contributed by atoms with Crippen LogP contribution in [-0.2, 0) is 4.43 Å². The van der Waals surface area contributed by atoms with Gasteiger partial charge >= 0.3 is 0 Å². The van der Waals surface area contributed by atoms with Crippen LogP contribution in [0.5, 0.6) is 0 Å². The maximum Gasteiger partial charge on any atom is 0.191 e. The summed E-state index contributed by atoms with van der Waals surface area (Å²) in [5, 5.41) is 9.47. The van der Waals surface area contributed by atoms with Crippen molar-refractivity contribution in [1.82, 2.24) is 0 Å². The van der Waals surface area contributed by atoms with E-state index in [1.54, 1.807) is 0 Å². The Morgan fingerprint density at radius 2 is 2.00 bits per heavy atom. The molecule has 1 N–H and O–H groups in total. The Balaban J connectivity index is 4.10. The Kier molecular flexibility index (Phi) is 2.97. The summed E-state index contributed by atoms with van der Waals surface area (Å²) in [6, 6.07) is 0. The second-order valence-electron chi connectivity index (χ2n) is 4.91. The fourth-order valence-electron chi connectivity index (χ4n) is 0.642. The van der Waals surface area contributed by atoms with E-state index in [1.807, 2.05) is 0 Å². The van der Waals surface area contributed by atoms with Crippen molar-refractivity contribution in [3.63, 3.8) is 0 Å². The van der Waals surface area contributed by atoms with E-state index in [4.69, 9.17) is 8.54 Å². The van der Waals surface area contributed by atoms with Crippen LogP contribution >= 0.6 is 0 Å². The van der Waals surface area contributed by atoms with E-state index in [-0.39, 0.29) is 11.5 Å². The van der Waals surface area contributed by atoms with Crippen LogP contribution in [-0.4, -0.2) is 26.1 Å². The van der Waals surface area contributed by atoms with Crippen molar-refractivity contribution in [2.45, 2.75) is 58.3 Å². The van der Waals surface area contributed by atoms with Gasteiger partial charge in [0.05, 0.1) is 6.10 Å². The van der Waals surface area contributed by atoms with Crippen molar-refractivity contribution in [2.75, 3.05) is 6.61 Å². The molecule has 0 aromatic carbocycles. The first-order chi connectivity index (χ1) is 6.88. The first-order valence-electron chi connectivity index (χ1n) is 6.20. The normalized spacial score (nSPS) is 20.3. The second-order valence-corrected chi connectivity index (χ2v) is 9.72. The second kappa shape index (κ2) is 4.58. The molecule has 1 unspecified atom stereocenters. The van der Waals surface area contributed by atoms with Crippen LogP contribution in [0.4, 0.5) is 0 Å². The van der Waals surface area contributed by atoms with Crippen molar-refractivity contribution in [3.05, 3.63) is 0 Å². The Morgan fingerprint density at radius 1 is 1.46 bits per heavy atom. The van der Waals surface area contributed by atoms with Gasteiger partial charge in [-0.1, -0.05) is 20.8 Å². The molecule has 1 atom stereocenters. The molecule has 3 heteroatoms. The predicted molar refractivity (Wildman–Crippen MR) is 59.4 cm³/mol. The minimum atomic E-state index is -2.29. The molecule has 0 heterocycles. The van der Waals surface area contributed by atoms with Gasteiger partial charge in [-0.25, -0.2) is 0 Å². The molecular weight excluding hydrogens is 180 g/mol. The Morgan fingerprint density at radius 3 is 2.38 bits per heavy atom. The van der Waals surface area contributed by atoms with E-state index in [0.29, 0.717) is 6.61 Å². The van der Waals surface area contributed by atoms with Crippen LogP contribution in [0.3, 0.4) is 0 Å². The highest BCUT2D eigenvalue weighted by atomic mass is 28.4. The minimum absolute atomic E-state index is 0.109. The van der Waals surface area contributed by atoms with Crippen molar-refractivity contribution in [2.24, 2.45) is 0 Å². The van der Waals surface area contributed by atoms with Gasteiger partial charge in [0, 0.05) is 10.7 Å². The molecule has 0 rings (SSSR count). The largest absolute Gasteiger partial charge is 0.417 e. The smallest absolute Gasteiger partial charge is 0.191 e. The van der Waals surface area contributed by atoms with Gasteiger partial charge in [-0.3, -0.25) is 0 Å². The van der Waals surface area contributed by atoms with Crippen LogP contribution in [0.25, 0.3) is 0 Å². The van der Waals surface area contributed by atoms with Gasteiger partial charge in [-0.15, -0.1) is 0 Å². The van der Waals surface area contributed by atoms with Crippen LogP contribution in [0.15, 0.2) is 0 Å². The quantitative estimate of drug-likeness (QED) is 0.718. The van der Waals surface area contributed by atoms with Gasteiger partial charge in [0.15, 0.2) is 8.32 Å². The lowest BCUT2D eigenvalue weighted by Crippen LogP contribution is -2.41. The summed E-state index contributed by atoms with van der Waals surface area (Å²) in [6.45, 7) is 8.61. The topological polar surface area (TPSA) is 29.5 Å². The van der Waals surface area contributed by atoms with Crippen LogP contribution in [0, 0.1) is 0 Å². The summed E-state index contributed by atoms with van der Waals surface area (Å²) in [6.07, 6.45) is -1.11. The molecule has 0 spiro atoms. The molecule has 0 bridgehead atoms. The van der Waals surface area contributed by atoms with Crippen LogP contribution in [0.2, 0.25) is 18.1 Å².